The molecule has 0 saturated heterocycles. The monoisotopic (exact) mass is 400 g/mol. The molecule has 6 nitrogen and oxygen atoms in total. The van der Waals surface area contributed by atoms with E-state index < -0.39 is 18.5 Å². The Kier molecular flexibility index (Phi) is 7.02. The summed E-state index contributed by atoms with van der Waals surface area (Å²) in [5.74, 6) is -0.665. The molecule has 0 radical (unpaired) electrons. The van der Waals surface area contributed by atoms with Crippen LogP contribution in [0.15, 0.2) is 42.5 Å². The summed E-state index contributed by atoms with van der Waals surface area (Å²) in [6.45, 7) is 5.32. The van der Waals surface area contributed by atoms with Crippen molar-refractivity contribution in [1.29, 1.82) is 5.26 Å². The maximum absolute atomic E-state index is 12.0. The molecule has 2 rings (SSSR count). The Labute approximate surface area is 169 Å². The fourth-order valence-corrected chi connectivity index (χ4v) is 2.61. The molecule has 0 aromatic heterocycles. The molecule has 146 valence electrons. The van der Waals surface area contributed by atoms with Gasteiger partial charge in [0.15, 0.2) is 13.2 Å². The molecule has 0 heterocycles. The molecule has 1 N–H and O–H groups in total. The molecule has 0 aliphatic heterocycles. The van der Waals surface area contributed by atoms with Crippen LogP contribution in [0.1, 0.15) is 31.9 Å². The lowest BCUT2D eigenvalue weighted by molar-refractivity contribution is -0.149. The molecule has 0 atom stereocenters. The van der Waals surface area contributed by atoms with Crippen molar-refractivity contribution in [1.82, 2.24) is 0 Å². The third kappa shape index (κ3) is 6.00. The minimum absolute atomic E-state index is 0.143. The van der Waals surface area contributed by atoms with Gasteiger partial charge in [-0.25, -0.2) is 4.79 Å². The molecule has 0 unspecified atom stereocenters. The maximum Gasteiger partial charge on any atom is 0.344 e. The standard InChI is InChI=1S/C21H21ClN2O4/c1-21(2,3)16-6-4-5-7-18(16)27-13-20(26)28-12-19(25)24-17-10-15(22)9-8-14(17)11-23/h4-10H,12-13H2,1-3H3,(H,24,25). The number of para-hydroxylation sites is 1. The third-order valence-corrected chi connectivity index (χ3v) is 4.02. The summed E-state index contributed by atoms with van der Waals surface area (Å²) in [5, 5.41) is 11.9. The number of hydrogen-bond acceptors (Lipinski definition) is 5. The summed E-state index contributed by atoms with van der Waals surface area (Å²) in [7, 11) is 0. The quantitative estimate of drug-likeness (QED) is 0.738. The van der Waals surface area contributed by atoms with E-state index in [-0.39, 0.29) is 23.3 Å². The number of benzene rings is 2. The van der Waals surface area contributed by atoms with E-state index in [1.165, 1.54) is 12.1 Å². The minimum Gasteiger partial charge on any atom is -0.482 e. The number of rotatable bonds is 6. The van der Waals surface area contributed by atoms with E-state index in [0.717, 1.165) is 5.56 Å². The van der Waals surface area contributed by atoms with E-state index in [0.29, 0.717) is 10.8 Å². The molecule has 0 aliphatic rings. The zero-order valence-electron chi connectivity index (χ0n) is 15.9. The number of amides is 1. The van der Waals surface area contributed by atoms with E-state index in [1.807, 2.05) is 45.0 Å². The number of halogens is 1. The van der Waals surface area contributed by atoms with Crippen LogP contribution in [0.25, 0.3) is 0 Å². The molecule has 1 amide bonds. The smallest absolute Gasteiger partial charge is 0.344 e. The van der Waals surface area contributed by atoms with Crippen LogP contribution in [-0.4, -0.2) is 25.1 Å². The van der Waals surface area contributed by atoms with E-state index in [2.05, 4.69) is 5.32 Å². The van der Waals surface area contributed by atoms with Crippen LogP contribution in [-0.2, 0) is 19.7 Å². The first-order valence-corrected chi connectivity index (χ1v) is 8.96. The van der Waals surface area contributed by atoms with Crippen molar-refractivity contribution in [3.63, 3.8) is 0 Å². The fourth-order valence-electron chi connectivity index (χ4n) is 2.44. The molecule has 0 bridgehead atoms. The largest absolute Gasteiger partial charge is 0.482 e. The van der Waals surface area contributed by atoms with Gasteiger partial charge in [0, 0.05) is 5.02 Å². The predicted molar refractivity (Wildman–Crippen MR) is 106 cm³/mol. The van der Waals surface area contributed by atoms with E-state index in [1.54, 1.807) is 12.1 Å². The highest BCUT2D eigenvalue weighted by atomic mass is 35.5. The van der Waals surface area contributed by atoms with Gasteiger partial charge in [-0.1, -0.05) is 50.6 Å². The normalized spacial score (nSPS) is 10.7. The fraction of sp³-hybridized carbons (Fsp3) is 0.286. The molecule has 28 heavy (non-hydrogen) atoms. The van der Waals surface area contributed by atoms with Crippen LogP contribution in [0.5, 0.6) is 5.75 Å². The van der Waals surface area contributed by atoms with Gasteiger partial charge in [0.2, 0.25) is 0 Å². The first-order valence-electron chi connectivity index (χ1n) is 8.58. The number of hydrogen-bond donors (Lipinski definition) is 1. The number of nitriles is 1. The molecule has 2 aromatic carbocycles. The van der Waals surface area contributed by atoms with Gasteiger partial charge in [-0.15, -0.1) is 0 Å². The minimum atomic E-state index is -0.675. The van der Waals surface area contributed by atoms with E-state index in [9.17, 15) is 9.59 Å². The first kappa shape index (κ1) is 21.3. The van der Waals surface area contributed by atoms with Gasteiger partial charge >= 0.3 is 5.97 Å². The lowest BCUT2D eigenvalue weighted by Crippen LogP contribution is -2.24. The van der Waals surface area contributed by atoms with Crippen molar-refractivity contribution in [3.05, 3.63) is 58.6 Å². The van der Waals surface area contributed by atoms with Crippen LogP contribution >= 0.6 is 11.6 Å². The number of carbonyl (C=O) groups is 2. The average molecular weight is 401 g/mol. The summed E-state index contributed by atoms with van der Waals surface area (Å²) in [5.41, 5.74) is 1.33. The molecule has 0 saturated carbocycles. The second kappa shape index (κ2) is 9.25. The molecular formula is C21H21ClN2O4. The first-order chi connectivity index (χ1) is 13.2. The lowest BCUT2D eigenvalue weighted by Gasteiger charge is -2.22. The van der Waals surface area contributed by atoms with Crippen molar-refractivity contribution in [2.24, 2.45) is 0 Å². The molecular weight excluding hydrogens is 380 g/mol. The predicted octanol–water partition coefficient (Wildman–Crippen LogP) is 4.07. The van der Waals surface area contributed by atoms with E-state index >= 15 is 0 Å². The van der Waals surface area contributed by atoms with E-state index in [4.69, 9.17) is 26.3 Å². The Hall–Kier alpha value is -3.04. The number of ether oxygens (including phenoxy) is 2. The Morgan fingerprint density at radius 1 is 1.14 bits per heavy atom. The number of carbonyl (C=O) groups excluding carboxylic acids is 2. The summed E-state index contributed by atoms with van der Waals surface area (Å²) in [6.07, 6.45) is 0. The van der Waals surface area contributed by atoms with Gasteiger partial charge in [0.25, 0.3) is 5.91 Å². The van der Waals surface area contributed by atoms with Crippen molar-refractivity contribution >= 4 is 29.2 Å². The van der Waals surface area contributed by atoms with Gasteiger partial charge in [-0.2, -0.15) is 5.26 Å². The lowest BCUT2D eigenvalue weighted by atomic mass is 9.86. The van der Waals surface area contributed by atoms with Crippen molar-refractivity contribution < 1.29 is 19.1 Å². The third-order valence-electron chi connectivity index (χ3n) is 3.78. The van der Waals surface area contributed by atoms with Crippen LogP contribution < -0.4 is 10.1 Å². The van der Waals surface area contributed by atoms with Crippen molar-refractivity contribution in [3.8, 4) is 11.8 Å². The summed E-state index contributed by atoms with van der Waals surface area (Å²) < 4.78 is 10.5. The highest BCUT2D eigenvalue weighted by molar-refractivity contribution is 6.31. The Morgan fingerprint density at radius 3 is 2.54 bits per heavy atom. The van der Waals surface area contributed by atoms with Crippen LogP contribution in [0.2, 0.25) is 5.02 Å². The van der Waals surface area contributed by atoms with Crippen LogP contribution in [0.4, 0.5) is 5.69 Å². The second-order valence-corrected chi connectivity index (χ2v) is 7.48. The van der Waals surface area contributed by atoms with Gasteiger partial charge in [0.05, 0.1) is 11.3 Å². The van der Waals surface area contributed by atoms with Gasteiger partial charge in [-0.3, -0.25) is 4.79 Å². The zero-order chi connectivity index (χ0) is 20.7. The van der Waals surface area contributed by atoms with Crippen molar-refractivity contribution in [2.45, 2.75) is 26.2 Å². The highest BCUT2D eigenvalue weighted by Gasteiger charge is 2.19. The number of esters is 1. The molecule has 7 heteroatoms. The van der Waals surface area contributed by atoms with Gasteiger partial charge in [-0.05, 0) is 35.2 Å². The summed E-state index contributed by atoms with van der Waals surface area (Å²) >= 11 is 5.87. The second-order valence-electron chi connectivity index (χ2n) is 7.05. The van der Waals surface area contributed by atoms with Crippen LogP contribution in [0, 0.1) is 11.3 Å². The summed E-state index contributed by atoms with van der Waals surface area (Å²) in [6, 6.07) is 13.9. The summed E-state index contributed by atoms with van der Waals surface area (Å²) in [4.78, 5) is 23.9. The number of anilines is 1. The van der Waals surface area contributed by atoms with Gasteiger partial charge in [0.1, 0.15) is 11.8 Å². The Balaban J connectivity index is 1.88. The van der Waals surface area contributed by atoms with Crippen molar-refractivity contribution in [2.75, 3.05) is 18.5 Å². The van der Waals surface area contributed by atoms with Crippen LogP contribution in [0.3, 0.4) is 0 Å². The maximum atomic E-state index is 12.0. The zero-order valence-corrected chi connectivity index (χ0v) is 16.7. The molecule has 0 aliphatic carbocycles. The topological polar surface area (TPSA) is 88.4 Å². The Bertz CT molecular complexity index is 913. The van der Waals surface area contributed by atoms with Gasteiger partial charge < -0.3 is 14.8 Å². The molecule has 2 aromatic rings. The number of nitrogens with zero attached hydrogens (tertiary/aromatic N) is 1. The average Bonchev–Trinajstić information content (AvgIpc) is 2.64. The Morgan fingerprint density at radius 2 is 1.86 bits per heavy atom. The number of nitrogens with one attached hydrogen (secondary N) is 1. The molecule has 0 spiro atoms. The SMILES string of the molecule is CC(C)(C)c1ccccc1OCC(=O)OCC(=O)Nc1cc(Cl)ccc1C#N. The molecule has 0 fully saturated rings. The highest BCUT2D eigenvalue weighted by Crippen LogP contribution is 2.30.